The van der Waals surface area contributed by atoms with E-state index >= 15 is 0 Å². The monoisotopic (exact) mass is 323 g/mol. The number of rotatable bonds is 5. The van der Waals surface area contributed by atoms with Crippen molar-refractivity contribution in [2.75, 3.05) is 11.9 Å². The normalized spacial score (nSPS) is 14.5. The number of pyridine rings is 1. The standard InChI is InChI=1S/C17H21N7/c1-22-10-14(8-20-22)11-23-6-7-24-12-15(21-17(24)13-23)9-19-16-4-2-3-5-18-16/h2-5,8,10,12H,6-7,9,11,13H2,1H3,(H,18,19). The number of hydrogen-bond donors (Lipinski definition) is 1. The Morgan fingerprint density at radius 1 is 1.21 bits per heavy atom. The predicted octanol–water partition coefficient (Wildman–Crippen LogP) is 1.64. The van der Waals surface area contributed by atoms with Crippen LogP contribution in [0.5, 0.6) is 0 Å². The summed E-state index contributed by atoms with van der Waals surface area (Å²) in [5.74, 6) is 2.00. The van der Waals surface area contributed by atoms with Crippen molar-refractivity contribution in [2.24, 2.45) is 7.05 Å². The zero-order valence-electron chi connectivity index (χ0n) is 13.8. The lowest BCUT2D eigenvalue weighted by Crippen LogP contribution is -2.33. The number of nitrogens with one attached hydrogen (secondary N) is 1. The lowest BCUT2D eigenvalue weighted by Gasteiger charge is -2.26. The van der Waals surface area contributed by atoms with Gasteiger partial charge in [-0.25, -0.2) is 9.97 Å². The second-order valence-electron chi connectivity index (χ2n) is 6.14. The summed E-state index contributed by atoms with van der Waals surface area (Å²) >= 11 is 0. The van der Waals surface area contributed by atoms with Crippen LogP contribution in [0.25, 0.3) is 0 Å². The van der Waals surface area contributed by atoms with Crippen LogP contribution in [-0.2, 0) is 33.2 Å². The molecule has 0 aliphatic carbocycles. The first-order valence-corrected chi connectivity index (χ1v) is 8.16. The minimum absolute atomic E-state index is 0.694. The molecule has 3 aromatic rings. The lowest BCUT2D eigenvalue weighted by molar-refractivity contribution is 0.209. The fraction of sp³-hybridized carbons (Fsp3) is 0.353. The third kappa shape index (κ3) is 3.30. The van der Waals surface area contributed by atoms with E-state index in [0.29, 0.717) is 6.54 Å². The highest BCUT2D eigenvalue weighted by atomic mass is 15.3. The SMILES string of the molecule is Cn1cc(CN2CCn3cc(CNc4ccccn4)nc3C2)cn1. The highest BCUT2D eigenvalue weighted by Crippen LogP contribution is 2.16. The number of aryl methyl sites for hydroxylation is 1. The number of fused-ring (bicyclic) bond motifs is 1. The predicted molar refractivity (Wildman–Crippen MR) is 91.1 cm³/mol. The molecule has 0 saturated carbocycles. The Morgan fingerprint density at radius 2 is 2.17 bits per heavy atom. The zero-order chi connectivity index (χ0) is 16.4. The summed E-state index contributed by atoms with van der Waals surface area (Å²) in [5.41, 5.74) is 2.30. The number of hydrogen-bond acceptors (Lipinski definition) is 5. The summed E-state index contributed by atoms with van der Waals surface area (Å²) in [6, 6.07) is 5.85. The molecule has 3 aromatic heterocycles. The Labute approximate surface area is 141 Å². The minimum atomic E-state index is 0.694. The van der Waals surface area contributed by atoms with E-state index in [9.17, 15) is 0 Å². The second-order valence-corrected chi connectivity index (χ2v) is 6.14. The van der Waals surface area contributed by atoms with E-state index in [1.165, 1.54) is 5.56 Å². The summed E-state index contributed by atoms with van der Waals surface area (Å²) in [4.78, 5) is 11.5. The van der Waals surface area contributed by atoms with E-state index in [0.717, 1.165) is 43.5 Å². The zero-order valence-corrected chi connectivity index (χ0v) is 13.8. The number of aromatic nitrogens is 5. The maximum atomic E-state index is 4.77. The average Bonchev–Trinajstić information content (AvgIpc) is 3.19. The summed E-state index contributed by atoms with van der Waals surface area (Å²) in [6.07, 6.45) is 7.94. The van der Waals surface area contributed by atoms with Crippen LogP contribution < -0.4 is 5.32 Å². The van der Waals surface area contributed by atoms with Gasteiger partial charge in [-0.3, -0.25) is 9.58 Å². The van der Waals surface area contributed by atoms with Gasteiger partial charge in [-0.05, 0) is 12.1 Å². The summed E-state index contributed by atoms with van der Waals surface area (Å²) < 4.78 is 4.11. The Bertz CT molecular complexity index is 805. The molecular formula is C17H21N7. The molecule has 1 aliphatic rings. The number of nitrogens with zero attached hydrogens (tertiary/aromatic N) is 6. The van der Waals surface area contributed by atoms with Crippen molar-refractivity contribution in [3.8, 4) is 0 Å². The first kappa shape index (κ1) is 14.9. The van der Waals surface area contributed by atoms with E-state index in [4.69, 9.17) is 4.98 Å². The molecule has 0 radical (unpaired) electrons. The molecule has 4 heterocycles. The minimum Gasteiger partial charge on any atom is -0.364 e. The molecule has 0 aromatic carbocycles. The van der Waals surface area contributed by atoms with Gasteiger partial charge in [-0.15, -0.1) is 0 Å². The van der Waals surface area contributed by atoms with Gasteiger partial charge in [0.05, 0.1) is 25.0 Å². The molecule has 0 spiro atoms. The van der Waals surface area contributed by atoms with E-state index in [1.807, 2.05) is 36.1 Å². The molecule has 0 atom stereocenters. The lowest BCUT2D eigenvalue weighted by atomic mass is 10.3. The third-order valence-corrected chi connectivity index (χ3v) is 4.21. The Kier molecular flexibility index (Phi) is 4.00. The van der Waals surface area contributed by atoms with Crippen molar-refractivity contribution in [2.45, 2.75) is 26.2 Å². The van der Waals surface area contributed by atoms with Gasteiger partial charge in [0.2, 0.25) is 0 Å². The third-order valence-electron chi connectivity index (χ3n) is 4.21. The van der Waals surface area contributed by atoms with E-state index in [1.54, 1.807) is 6.20 Å². The van der Waals surface area contributed by atoms with Crippen LogP contribution in [0.4, 0.5) is 5.82 Å². The van der Waals surface area contributed by atoms with E-state index < -0.39 is 0 Å². The molecular weight excluding hydrogens is 302 g/mol. The van der Waals surface area contributed by atoms with Crippen molar-refractivity contribution in [3.05, 3.63) is 60.1 Å². The molecule has 0 amide bonds. The summed E-state index contributed by atoms with van der Waals surface area (Å²) in [7, 11) is 1.95. The molecule has 24 heavy (non-hydrogen) atoms. The van der Waals surface area contributed by atoms with Gasteiger partial charge in [0.1, 0.15) is 11.6 Å². The smallest absolute Gasteiger partial charge is 0.126 e. The summed E-state index contributed by atoms with van der Waals surface area (Å²) in [5, 5.41) is 7.55. The van der Waals surface area contributed by atoms with Gasteiger partial charge >= 0.3 is 0 Å². The molecule has 1 N–H and O–H groups in total. The van der Waals surface area contributed by atoms with Crippen molar-refractivity contribution < 1.29 is 0 Å². The molecule has 0 saturated heterocycles. The molecule has 0 bridgehead atoms. The van der Waals surface area contributed by atoms with E-state index in [-0.39, 0.29) is 0 Å². The Hall–Kier alpha value is -2.67. The largest absolute Gasteiger partial charge is 0.364 e. The van der Waals surface area contributed by atoms with Crippen molar-refractivity contribution in [3.63, 3.8) is 0 Å². The first-order valence-electron chi connectivity index (χ1n) is 8.16. The maximum absolute atomic E-state index is 4.77. The quantitative estimate of drug-likeness (QED) is 0.773. The Balaban J connectivity index is 1.38. The highest BCUT2D eigenvalue weighted by molar-refractivity contribution is 5.33. The van der Waals surface area contributed by atoms with Gasteiger partial charge in [0, 0.05) is 50.8 Å². The van der Waals surface area contributed by atoms with Gasteiger partial charge in [-0.2, -0.15) is 5.10 Å². The highest BCUT2D eigenvalue weighted by Gasteiger charge is 2.19. The van der Waals surface area contributed by atoms with Crippen molar-refractivity contribution in [1.82, 2.24) is 29.2 Å². The topological polar surface area (TPSA) is 63.8 Å². The molecule has 4 rings (SSSR count). The maximum Gasteiger partial charge on any atom is 0.126 e. The van der Waals surface area contributed by atoms with Crippen LogP contribution in [0.3, 0.4) is 0 Å². The molecule has 7 heteroatoms. The van der Waals surface area contributed by atoms with Crippen LogP contribution in [0.1, 0.15) is 17.1 Å². The number of anilines is 1. The van der Waals surface area contributed by atoms with Crippen LogP contribution in [0.2, 0.25) is 0 Å². The van der Waals surface area contributed by atoms with Gasteiger partial charge in [-0.1, -0.05) is 6.07 Å². The first-order chi connectivity index (χ1) is 11.8. The molecule has 124 valence electrons. The van der Waals surface area contributed by atoms with Gasteiger partial charge < -0.3 is 9.88 Å². The molecule has 1 aliphatic heterocycles. The fourth-order valence-electron chi connectivity index (χ4n) is 3.04. The Morgan fingerprint density at radius 3 is 2.96 bits per heavy atom. The van der Waals surface area contributed by atoms with E-state index in [2.05, 4.69) is 37.3 Å². The van der Waals surface area contributed by atoms with Gasteiger partial charge in [0.25, 0.3) is 0 Å². The fourth-order valence-corrected chi connectivity index (χ4v) is 3.04. The van der Waals surface area contributed by atoms with Crippen LogP contribution in [-0.4, -0.2) is 35.8 Å². The van der Waals surface area contributed by atoms with Crippen molar-refractivity contribution in [1.29, 1.82) is 0 Å². The molecule has 7 nitrogen and oxygen atoms in total. The van der Waals surface area contributed by atoms with Crippen LogP contribution >= 0.6 is 0 Å². The number of imidazole rings is 1. The van der Waals surface area contributed by atoms with Crippen molar-refractivity contribution >= 4 is 5.82 Å². The average molecular weight is 323 g/mol. The van der Waals surface area contributed by atoms with Gasteiger partial charge in [0.15, 0.2) is 0 Å². The molecule has 0 unspecified atom stereocenters. The summed E-state index contributed by atoms with van der Waals surface area (Å²) in [6.45, 7) is 4.50. The van der Waals surface area contributed by atoms with Crippen LogP contribution in [0, 0.1) is 0 Å². The van der Waals surface area contributed by atoms with Crippen LogP contribution in [0.15, 0.2) is 43.0 Å². The second kappa shape index (κ2) is 6.45. The molecule has 0 fully saturated rings.